The van der Waals surface area contributed by atoms with Crippen LogP contribution >= 0.6 is 24.2 Å². The fourth-order valence-electron chi connectivity index (χ4n) is 6.02. The Hall–Kier alpha value is -3.07. The summed E-state index contributed by atoms with van der Waals surface area (Å²) in [5.74, 6) is 0.0164. The molecule has 13 heteroatoms. The summed E-state index contributed by atoms with van der Waals surface area (Å²) >= 11 is 0.860. The maximum Gasteiger partial charge on any atom is 0.294 e. The second kappa shape index (κ2) is 21.7. The van der Waals surface area contributed by atoms with Crippen LogP contribution in [0.15, 0.2) is 117 Å². The predicted octanol–water partition coefficient (Wildman–Crippen LogP) is 8.58. The van der Waals surface area contributed by atoms with Crippen LogP contribution in [0.3, 0.4) is 0 Å². The molecule has 3 N–H and O–H groups in total. The van der Waals surface area contributed by atoms with Crippen LogP contribution in [0, 0.1) is 6.92 Å². The van der Waals surface area contributed by atoms with Crippen molar-refractivity contribution in [3.8, 4) is 0 Å². The highest BCUT2D eigenvalue weighted by Gasteiger charge is 2.27. The van der Waals surface area contributed by atoms with Crippen molar-refractivity contribution in [2.75, 3.05) is 43.2 Å². The van der Waals surface area contributed by atoms with Crippen LogP contribution in [0.5, 0.6) is 0 Å². The zero-order valence-corrected chi connectivity index (χ0v) is 34.4. The van der Waals surface area contributed by atoms with Crippen molar-refractivity contribution in [2.45, 2.75) is 84.5 Å². The maximum absolute atomic E-state index is 12.0. The van der Waals surface area contributed by atoms with E-state index in [0.29, 0.717) is 6.04 Å². The summed E-state index contributed by atoms with van der Waals surface area (Å²) < 4.78 is 41.2. The minimum absolute atomic E-state index is 0. The van der Waals surface area contributed by atoms with Gasteiger partial charge in [-0.05, 0) is 119 Å². The normalized spacial score (nSPS) is 16.2. The van der Waals surface area contributed by atoms with Crippen molar-refractivity contribution in [2.24, 2.45) is 0 Å². The average molecular weight is 802 g/mol. The summed E-state index contributed by atoms with van der Waals surface area (Å²) in [6.45, 7) is 9.02. The number of aryl methyl sites for hydroxylation is 1. The summed E-state index contributed by atoms with van der Waals surface area (Å²) in [4.78, 5) is 20.2. The zero-order chi connectivity index (χ0) is 37.7. The highest BCUT2D eigenvalue weighted by molar-refractivity contribution is 7.99. The zero-order valence-electron chi connectivity index (χ0n) is 31.2. The van der Waals surface area contributed by atoms with Gasteiger partial charge in [0.1, 0.15) is 6.26 Å². The van der Waals surface area contributed by atoms with Crippen molar-refractivity contribution < 1.29 is 22.3 Å². The molecule has 53 heavy (non-hydrogen) atoms. The van der Waals surface area contributed by atoms with Crippen molar-refractivity contribution in [3.05, 3.63) is 103 Å². The van der Waals surface area contributed by atoms with Gasteiger partial charge in [-0.1, -0.05) is 73.6 Å². The Bertz CT molecular complexity index is 1850. The van der Waals surface area contributed by atoms with Gasteiger partial charge in [0.05, 0.1) is 22.3 Å². The van der Waals surface area contributed by atoms with E-state index in [-0.39, 0.29) is 29.3 Å². The number of piperidine rings is 1. The number of hydrogen-bond acceptors (Lipinski definition) is 8. The molecular weight excluding hydrogens is 748 g/mol. The van der Waals surface area contributed by atoms with Crippen LogP contribution in [0.25, 0.3) is 0 Å². The summed E-state index contributed by atoms with van der Waals surface area (Å²) in [5.41, 5.74) is 4.46. The first-order valence-electron chi connectivity index (χ1n) is 17.7. The smallest absolute Gasteiger partial charge is 0.294 e. The Kier molecular flexibility index (Phi) is 18.2. The third kappa shape index (κ3) is 13.3. The molecule has 6 rings (SSSR count). The lowest BCUT2D eigenvalue weighted by Crippen LogP contribution is -2.38. The molecule has 0 saturated carbocycles. The molecule has 1 amide bonds. The van der Waals surface area contributed by atoms with Crippen molar-refractivity contribution in [1.29, 1.82) is 0 Å². The number of anilines is 3. The lowest BCUT2D eigenvalue weighted by atomic mass is 9.99. The number of benzene rings is 4. The molecule has 0 aromatic heterocycles. The number of halogens is 1. The van der Waals surface area contributed by atoms with Gasteiger partial charge in [0.25, 0.3) is 10.1 Å². The monoisotopic (exact) mass is 800 g/mol. The van der Waals surface area contributed by atoms with Crippen molar-refractivity contribution in [3.63, 3.8) is 0 Å². The molecule has 1 fully saturated rings. The minimum atomic E-state index is -4.00. The standard InChI is InChI=1S/C21H26N2OS2.C13H20N2O.C6H6O3S.ClH/c1-22-13-6-5-7-16(22)12-14-23-18-8-3-4-9-20(18)25-21-11-10-17(26(2)24)15-19(21)23;1-4-9-14-11(3)13(16)15-12-8-6-5-7-10(12)2;7-10(8,9)6-4-2-1-3-5-6;/h3-4,8-11,15-16H,5-7,12-14H2,1-2H3;5-8,11,14H,4,9H2,1-3H3,(H,15,16);1-5H,(H,7,8,9);1H. The number of carbonyl (C=O) groups is 1. The van der Waals surface area contributed by atoms with E-state index >= 15 is 0 Å². The van der Waals surface area contributed by atoms with Gasteiger partial charge in [-0.15, -0.1) is 12.4 Å². The van der Waals surface area contributed by atoms with E-state index in [4.69, 9.17) is 4.55 Å². The average Bonchev–Trinajstić information content (AvgIpc) is 3.14. The fraction of sp³-hybridized carbons (Fsp3) is 0.375. The Morgan fingerprint density at radius 2 is 1.64 bits per heavy atom. The molecule has 3 unspecified atom stereocenters. The first-order chi connectivity index (χ1) is 24.9. The Labute approximate surface area is 329 Å². The number of amides is 1. The molecule has 9 nitrogen and oxygen atoms in total. The van der Waals surface area contributed by atoms with Crippen LogP contribution in [-0.4, -0.2) is 73.4 Å². The van der Waals surface area contributed by atoms with Gasteiger partial charge in [0, 0.05) is 34.1 Å². The quantitative estimate of drug-likeness (QED) is 0.107. The molecule has 2 heterocycles. The van der Waals surface area contributed by atoms with Gasteiger partial charge in [0.2, 0.25) is 5.91 Å². The Morgan fingerprint density at radius 1 is 0.981 bits per heavy atom. The number of rotatable bonds is 10. The number of para-hydroxylation sites is 2. The molecule has 0 spiro atoms. The third-order valence-corrected chi connectivity index (χ3v) is 12.0. The first kappa shape index (κ1) is 44.3. The molecule has 2 aliphatic rings. The van der Waals surface area contributed by atoms with E-state index in [2.05, 4.69) is 70.8 Å². The molecule has 2 aliphatic heterocycles. The first-order valence-corrected chi connectivity index (χ1v) is 21.5. The number of nitrogens with one attached hydrogen (secondary N) is 2. The fourth-order valence-corrected chi connectivity index (χ4v) is 8.13. The Morgan fingerprint density at radius 3 is 2.28 bits per heavy atom. The topological polar surface area (TPSA) is 125 Å². The van der Waals surface area contributed by atoms with Crippen LogP contribution in [0.4, 0.5) is 17.1 Å². The number of fused-ring (bicyclic) bond motifs is 2. The summed E-state index contributed by atoms with van der Waals surface area (Å²) in [6.07, 6.45) is 7.91. The van der Waals surface area contributed by atoms with E-state index in [1.807, 2.05) is 55.9 Å². The molecule has 0 radical (unpaired) electrons. The van der Waals surface area contributed by atoms with Gasteiger partial charge in [0.15, 0.2) is 4.90 Å². The number of carbonyl (C=O) groups excluding carboxylic acids is 1. The summed E-state index contributed by atoms with van der Waals surface area (Å²) in [7, 11) is -1.74. The molecule has 4 aromatic rings. The van der Waals surface area contributed by atoms with E-state index in [1.54, 1.807) is 24.5 Å². The largest absolute Gasteiger partial charge is 0.612 e. The Balaban J connectivity index is 0.000000239. The lowest BCUT2D eigenvalue weighted by Gasteiger charge is -2.37. The minimum Gasteiger partial charge on any atom is -0.612 e. The molecule has 1 saturated heterocycles. The van der Waals surface area contributed by atoms with Gasteiger partial charge in [-0.2, -0.15) is 8.42 Å². The molecule has 4 aromatic carbocycles. The third-order valence-electron chi connectivity index (χ3n) is 9.07. The van der Waals surface area contributed by atoms with Gasteiger partial charge >= 0.3 is 0 Å². The molecular formula is C40H53ClN4O5S3. The van der Waals surface area contributed by atoms with Crippen LogP contribution in [0.1, 0.15) is 51.5 Å². The second-order valence-electron chi connectivity index (χ2n) is 13.0. The van der Waals surface area contributed by atoms with Gasteiger partial charge in [-0.25, -0.2) is 0 Å². The van der Waals surface area contributed by atoms with Crippen molar-refractivity contribution >= 4 is 68.4 Å². The molecule has 288 valence electrons. The van der Waals surface area contributed by atoms with Crippen molar-refractivity contribution in [1.82, 2.24) is 10.2 Å². The highest BCUT2D eigenvalue weighted by atomic mass is 35.5. The van der Waals surface area contributed by atoms with E-state index in [9.17, 15) is 17.8 Å². The highest BCUT2D eigenvalue weighted by Crippen LogP contribution is 2.48. The summed E-state index contributed by atoms with van der Waals surface area (Å²) in [6, 6.07) is 30.6. The second-order valence-corrected chi connectivity index (χ2v) is 16.9. The summed E-state index contributed by atoms with van der Waals surface area (Å²) in [5, 5.41) is 6.08. The lowest BCUT2D eigenvalue weighted by molar-refractivity contribution is -0.117. The van der Waals surface area contributed by atoms with Crippen LogP contribution in [-0.2, 0) is 26.1 Å². The van der Waals surface area contributed by atoms with E-state index in [1.165, 1.54) is 59.1 Å². The van der Waals surface area contributed by atoms with E-state index in [0.717, 1.165) is 42.1 Å². The number of nitrogens with zero attached hydrogens (tertiary/aromatic N) is 2. The number of hydrogen-bond donors (Lipinski definition) is 3. The SMILES string of the molecule is CCCNC(C)C(=O)Nc1ccccc1C.CN1CCCCC1CCN1c2ccccc2Sc2ccc([S+](C)[O-])cc21.Cl.O=S(=O)(O)c1ccccc1. The van der Waals surface area contributed by atoms with Crippen LogP contribution in [0.2, 0.25) is 0 Å². The van der Waals surface area contributed by atoms with Gasteiger partial charge in [-0.3, -0.25) is 9.35 Å². The van der Waals surface area contributed by atoms with Crippen LogP contribution < -0.4 is 15.5 Å². The molecule has 0 bridgehead atoms. The van der Waals surface area contributed by atoms with E-state index < -0.39 is 21.3 Å². The predicted molar refractivity (Wildman–Crippen MR) is 222 cm³/mol. The molecule has 3 atom stereocenters. The van der Waals surface area contributed by atoms with Gasteiger partial charge < -0.3 is 25.0 Å². The molecule has 0 aliphatic carbocycles. The maximum atomic E-state index is 12.0. The number of likely N-dealkylation sites (tertiary alicyclic amines) is 1.